The SMILES string of the molecule is COc1ccc(/C(CC2c3c(cc4c(c3OC)OCO4)CCN2C)=N\O)c(OC)c1. The lowest BCUT2D eigenvalue weighted by Gasteiger charge is -2.36. The first-order valence-electron chi connectivity index (χ1n) is 9.74. The van der Waals surface area contributed by atoms with Gasteiger partial charge in [0.1, 0.15) is 11.5 Å². The fourth-order valence-electron chi connectivity index (χ4n) is 4.21. The van der Waals surface area contributed by atoms with E-state index >= 15 is 0 Å². The minimum Gasteiger partial charge on any atom is -0.497 e. The topological polar surface area (TPSA) is 82.0 Å². The summed E-state index contributed by atoms with van der Waals surface area (Å²) in [7, 11) is 6.87. The predicted molar refractivity (Wildman–Crippen MR) is 111 cm³/mol. The molecule has 2 heterocycles. The molecule has 1 atom stereocenters. The molecule has 1 N–H and O–H groups in total. The first kappa shape index (κ1) is 20.2. The molecule has 30 heavy (non-hydrogen) atoms. The van der Waals surface area contributed by atoms with E-state index in [1.165, 1.54) is 0 Å². The molecule has 1 unspecified atom stereocenters. The second-order valence-electron chi connectivity index (χ2n) is 7.28. The van der Waals surface area contributed by atoms with E-state index in [-0.39, 0.29) is 12.8 Å². The van der Waals surface area contributed by atoms with Crippen molar-refractivity contribution in [3.8, 4) is 28.7 Å². The van der Waals surface area contributed by atoms with Crippen molar-refractivity contribution in [2.45, 2.75) is 18.9 Å². The third-order valence-electron chi connectivity index (χ3n) is 5.77. The summed E-state index contributed by atoms with van der Waals surface area (Å²) in [6.45, 7) is 1.04. The fourth-order valence-corrected chi connectivity index (χ4v) is 4.21. The number of methoxy groups -OCH3 is 3. The largest absolute Gasteiger partial charge is 0.497 e. The fraction of sp³-hybridized carbons (Fsp3) is 0.409. The van der Waals surface area contributed by atoms with Crippen molar-refractivity contribution in [1.82, 2.24) is 4.90 Å². The van der Waals surface area contributed by atoms with Gasteiger partial charge in [-0.15, -0.1) is 0 Å². The molecule has 0 radical (unpaired) electrons. The van der Waals surface area contributed by atoms with Crippen LogP contribution in [0.5, 0.6) is 28.7 Å². The molecule has 0 fully saturated rings. The van der Waals surface area contributed by atoms with Gasteiger partial charge in [-0.3, -0.25) is 4.90 Å². The number of hydrogen-bond acceptors (Lipinski definition) is 8. The maximum Gasteiger partial charge on any atom is 0.231 e. The third kappa shape index (κ3) is 3.37. The van der Waals surface area contributed by atoms with Crippen LogP contribution < -0.4 is 23.7 Å². The van der Waals surface area contributed by atoms with Crippen LogP contribution in [-0.2, 0) is 6.42 Å². The Kier molecular flexibility index (Phi) is 5.59. The highest BCUT2D eigenvalue weighted by Crippen LogP contribution is 2.50. The number of likely N-dealkylation sites (N-methyl/N-ethyl adjacent to an activating group) is 1. The Morgan fingerprint density at radius 3 is 2.70 bits per heavy atom. The van der Waals surface area contributed by atoms with E-state index in [0.29, 0.717) is 46.4 Å². The standard InChI is InChI=1S/C22H26N2O6/c1-24-8-7-13-9-19-21(30-12-29-19)22(28-4)20(13)17(24)11-16(23-25)15-6-5-14(26-2)10-18(15)27-3/h5-6,9-10,17,25H,7-8,11-12H2,1-4H3/b23-16-. The van der Waals surface area contributed by atoms with Crippen LogP contribution in [0.3, 0.4) is 0 Å². The Morgan fingerprint density at radius 1 is 1.17 bits per heavy atom. The molecule has 2 aromatic carbocycles. The van der Waals surface area contributed by atoms with Gasteiger partial charge in [0.2, 0.25) is 12.5 Å². The van der Waals surface area contributed by atoms with Gasteiger partial charge >= 0.3 is 0 Å². The number of hydrogen-bond donors (Lipinski definition) is 1. The number of oxime groups is 1. The van der Waals surface area contributed by atoms with Crippen LogP contribution in [0.15, 0.2) is 29.4 Å². The van der Waals surface area contributed by atoms with E-state index in [0.717, 1.165) is 24.1 Å². The Balaban J connectivity index is 1.75. The van der Waals surface area contributed by atoms with E-state index < -0.39 is 0 Å². The lowest BCUT2D eigenvalue weighted by molar-refractivity contribution is 0.170. The monoisotopic (exact) mass is 414 g/mol. The highest BCUT2D eigenvalue weighted by molar-refractivity contribution is 6.03. The van der Waals surface area contributed by atoms with Crippen LogP contribution in [0, 0.1) is 0 Å². The lowest BCUT2D eigenvalue weighted by Crippen LogP contribution is -2.34. The molecule has 0 bridgehead atoms. The van der Waals surface area contributed by atoms with E-state index in [9.17, 15) is 5.21 Å². The van der Waals surface area contributed by atoms with Crippen LogP contribution in [0.1, 0.15) is 29.2 Å². The second-order valence-corrected chi connectivity index (χ2v) is 7.28. The molecule has 8 heteroatoms. The molecular weight excluding hydrogens is 388 g/mol. The molecule has 8 nitrogen and oxygen atoms in total. The summed E-state index contributed by atoms with van der Waals surface area (Å²) in [5, 5.41) is 13.5. The van der Waals surface area contributed by atoms with Gasteiger partial charge in [0.05, 0.1) is 27.0 Å². The Labute approximate surface area is 175 Å². The Morgan fingerprint density at radius 2 is 2.00 bits per heavy atom. The van der Waals surface area contributed by atoms with Crippen molar-refractivity contribution >= 4 is 5.71 Å². The van der Waals surface area contributed by atoms with E-state index in [1.807, 2.05) is 18.2 Å². The van der Waals surface area contributed by atoms with E-state index in [1.54, 1.807) is 27.4 Å². The molecule has 0 saturated heterocycles. The molecule has 0 aliphatic carbocycles. The highest BCUT2D eigenvalue weighted by Gasteiger charge is 2.35. The van der Waals surface area contributed by atoms with Gasteiger partial charge in [-0.1, -0.05) is 5.16 Å². The van der Waals surface area contributed by atoms with Gasteiger partial charge in [-0.05, 0) is 37.2 Å². The first-order valence-corrected chi connectivity index (χ1v) is 9.74. The molecular formula is C22H26N2O6. The summed E-state index contributed by atoms with van der Waals surface area (Å²) in [6, 6.07) is 7.39. The maximum absolute atomic E-state index is 9.88. The van der Waals surface area contributed by atoms with Gasteiger partial charge in [-0.25, -0.2) is 0 Å². The summed E-state index contributed by atoms with van der Waals surface area (Å²) in [5.74, 6) is 3.26. The number of fused-ring (bicyclic) bond motifs is 2. The molecule has 0 saturated carbocycles. The summed E-state index contributed by atoms with van der Waals surface area (Å²) in [6.07, 6.45) is 1.32. The van der Waals surface area contributed by atoms with Gasteiger partial charge < -0.3 is 28.9 Å². The molecule has 2 aliphatic rings. The van der Waals surface area contributed by atoms with Crippen molar-refractivity contribution in [2.24, 2.45) is 5.16 Å². The zero-order valence-corrected chi connectivity index (χ0v) is 17.6. The number of nitrogens with zero attached hydrogens (tertiary/aromatic N) is 2. The Hall–Kier alpha value is -3.13. The molecule has 2 aromatic rings. The summed E-state index contributed by atoms with van der Waals surface area (Å²) in [4.78, 5) is 2.23. The van der Waals surface area contributed by atoms with Crippen molar-refractivity contribution in [2.75, 3.05) is 41.7 Å². The second kappa shape index (κ2) is 8.31. The van der Waals surface area contributed by atoms with Crippen molar-refractivity contribution in [3.05, 3.63) is 41.0 Å². The lowest BCUT2D eigenvalue weighted by atomic mass is 9.87. The normalized spacial score (nSPS) is 18.1. The van der Waals surface area contributed by atoms with Crippen molar-refractivity contribution in [1.29, 1.82) is 0 Å². The molecule has 0 spiro atoms. The maximum atomic E-state index is 9.88. The molecule has 0 aromatic heterocycles. The van der Waals surface area contributed by atoms with Crippen LogP contribution in [0.4, 0.5) is 0 Å². The van der Waals surface area contributed by atoms with Crippen molar-refractivity contribution < 1.29 is 28.9 Å². The summed E-state index contributed by atoms with van der Waals surface area (Å²) < 4.78 is 27.8. The van der Waals surface area contributed by atoms with Gasteiger partial charge in [0.15, 0.2) is 11.5 Å². The average molecular weight is 414 g/mol. The van der Waals surface area contributed by atoms with Crippen LogP contribution >= 0.6 is 0 Å². The summed E-state index contributed by atoms with van der Waals surface area (Å²) >= 11 is 0. The minimum atomic E-state index is -0.0732. The van der Waals surface area contributed by atoms with Gasteiger partial charge in [-0.2, -0.15) is 0 Å². The number of rotatable bonds is 6. The van der Waals surface area contributed by atoms with Crippen LogP contribution in [-0.4, -0.2) is 57.5 Å². The van der Waals surface area contributed by atoms with E-state index in [4.69, 9.17) is 23.7 Å². The first-order chi connectivity index (χ1) is 14.6. The van der Waals surface area contributed by atoms with Crippen LogP contribution in [0.2, 0.25) is 0 Å². The number of ether oxygens (including phenoxy) is 5. The quantitative estimate of drug-likeness (QED) is 0.441. The smallest absolute Gasteiger partial charge is 0.231 e. The molecule has 2 aliphatic heterocycles. The van der Waals surface area contributed by atoms with Crippen LogP contribution in [0.25, 0.3) is 0 Å². The zero-order chi connectivity index (χ0) is 21.3. The minimum absolute atomic E-state index is 0.0732. The molecule has 160 valence electrons. The highest BCUT2D eigenvalue weighted by atomic mass is 16.7. The average Bonchev–Trinajstić information content (AvgIpc) is 3.25. The third-order valence-corrected chi connectivity index (χ3v) is 5.77. The molecule has 0 amide bonds. The Bertz CT molecular complexity index is 975. The van der Waals surface area contributed by atoms with E-state index in [2.05, 4.69) is 17.1 Å². The zero-order valence-electron chi connectivity index (χ0n) is 17.6. The summed E-state index contributed by atoms with van der Waals surface area (Å²) in [5.41, 5.74) is 3.40. The predicted octanol–water partition coefficient (Wildman–Crippen LogP) is 3.24. The van der Waals surface area contributed by atoms with Crippen molar-refractivity contribution in [3.63, 3.8) is 0 Å². The molecule has 4 rings (SSSR count). The van der Waals surface area contributed by atoms with Gasteiger partial charge in [0.25, 0.3) is 0 Å². The van der Waals surface area contributed by atoms with Gasteiger partial charge in [0, 0.05) is 36.2 Å². The number of benzene rings is 2.